The molecule has 2 aliphatic rings. The molecule has 138 valence electrons. The van der Waals surface area contributed by atoms with Gasteiger partial charge in [-0.2, -0.15) is 0 Å². The number of aromatic nitrogens is 2. The van der Waals surface area contributed by atoms with Crippen LogP contribution in [0.4, 0.5) is 8.78 Å². The van der Waals surface area contributed by atoms with Crippen molar-refractivity contribution in [2.45, 2.75) is 42.9 Å². The summed E-state index contributed by atoms with van der Waals surface area (Å²) in [6, 6.07) is 3.85. The lowest BCUT2D eigenvalue weighted by Gasteiger charge is -2.19. The molecular formula is C19H20ClF2N3S. The Morgan fingerprint density at radius 1 is 1.38 bits per heavy atom. The molecule has 2 N–H and O–H groups in total. The molecule has 3 nitrogen and oxygen atoms in total. The summed E-state index contributed by atoms with van der Waals surface area (Å²) in [4.78, 5) is 9.68. The highest BCUT2D eigenvalue weighted by molar-refractivity contribution is 7.99. The fourth-order valence-electron chi connectivity index (χ4n) is 3.61. The number of hydrogen-bond donors (Lipinski definition) is 1. The van der Waals surface area contributed by atoms with E-state index in [1.165, 1.54) is 24.6 Å². The number of fused-ring (bicyclic) bond motifs is 1. The van der Waals surface area contributed by atoms with Gasteiger partial charge in [0.2, 0.25) is 0 Å². The van der Waals surface area contributed by atoms with Gasteiger partial charge in [0, 0.05) is 40.6 Å². The van der Waals surface area contributed by atoms with Gasteiger partial charge in [0.05, 0.1) is 10.7 Å². The molecule has 0 aromatic carbocycles. The van der Waals surface area contributed by atoms with E-state index in [9.17, 15) is 8.78 Å². The van der Waals surface area contributed by atoms with Crippen LogP contribution in [0.15, 0.2) is 23.2 Å². The van der Waals surface area contributed by atoms with Crippen molar-refractivity contribution in [1.82, 2.24) is 9.97 Å². The van der Waals surface area contributed by atoms with Crippen LogP contribution in [0.1, 0.15) is 55.0 Å². The average Bonchev–Trinajstić information content (AvgIpc) is 3.38. The maximum Gasteiger partial charge on any atom is 0.281 e. The number of rotatable bonds is 5. The number of halogens is 3. The lowest BCUT2D eigenvalue weighted by Crippen LogP contribution is -2.16. The Bertz CT molecular complexity index is 842. The number of pyridine rings is 2. The topological polar surface area (TPSA) is 51.8 Å². The second-order valence-corrected chi connectivity index (χ2v) is 8.47. The van der Waals surface area contributed by atoms with Crippen LogP contribution in [0, 0.1) is 5.92 Å². The molecule has 1 saturated carbocycles. The summed E-state index contributed by atoms with van der Waals surface area (Å²) >= 11 is 8.01. The average molecular weight is 396 g/mol. The molecule has 0 spiro atoms. The minimum absolute atomic E-state index is 0.00905. The van der Waals surface area contributed by atoms with E-state index in [1.807, 2.05) is 0 Å². The monoisotopic (exact) mass is 395 g/mol. The largest absolute Gasteiger partial charge is 0.330 e. The van der Waals surface area contributed by atoms with Gasteiger partial charge in [-0.05, 0) is 42.4 Å². The molecule has 0 saturated heterocycles. The number of nitrogens with zero attached hydrogens (tertiary/aromatic N) is 2. The summed E-state index contributed by atoms with van der Waals surface area (Å²) in [5.41, 5.74) is 9.05. The van der Waals surface area contributed by atoms with Crippen LogP contribution in [0.5, 0.6) is 0 Å². The van der Waals surface area contributed by atoms with Crippen LogP contribution in [-0.4, -0.2) is 22.3 Å². The van der Waals surface area contributed by atoms with Gasteiger partial charge >= 0.3 is 0 Å². The van der Waals surface area contributed by atoms with Gasteiger partial charge in [-0.1, -0.05) is 18.5 Å². The summed E-state index contributed by atoms with van der Waals surface area (Å²) in [5, 5.41) is -0.00905. The van der Waals surface area contributed by atoms with Gasteiger partial charge in [-0.15, -0.1) is 11.8 Å². The number of nitrogens with two attached hydrogens (primary N) is 1. The van der Waals surface area contributed by atoms with Gasteiger partial charge in [0.1, 0.15) is 5.69 Å². The van der Waals surface area contributed by atoms with Crippen molar-refractivity contribution < 1.29 is 8.78 Å². The predicted octanol–water partition coefficient (Wildman–Crippen LogP) is 5.40. The molecular weight excluding hydrogens is 376 g/mol. The maximum absolute atomic E-state index is 13.2. The first kappa shape index (κ1) is 18.1. The molecule has 0 amide bonds. The van der Waals surface area contributed by atoms with Crippen molar-refractivity contribution in [3.05, 3.63) is 40.3 Å². The van der Waals surface area contributed by atoms with Crippen LogP contribution < -0.4 is 5.73 Å². The van der Waals surface area contributed by atoms with Crippen LogP contribution in [0.25, 0.3) is 11.3 Å². The summed E-state index contributed by atoms with van der Waals surface area (Å²) < 4.78 is 26.5. The first-order chi connectivity index (χ1) is 12.5. The standard InChI is InChI=1S/C19H20ClF2N3S/c1-9-8-26-18-12(9)6-14(13(7-23)10-2-3-10)25-16(18)11-4-5-24-17(15(11)20)19(21)22/h4-6,9-10,13,19H,2-3,7-8,23H2,1H3. The summed E-state index contributed by atoms with van der Waals surface area (Å²) in [5.74, 6) is 2.14. The fraction of sp³-hybridized carbons (Fsp3) is 0.474. The van der Waals surface area contributed by atoms with Crippen molar-refractivity contribution in [2.75, 3.05) is 12.3 Å². The predicted molar refractivity (Wildman–Crippen MR) is 101 cm³/mol. The molecule has 7 heteroatoms. The quantitative estimate of drug-likeness (QED) is 0.736. The van der Waals surface area contributed by atoms with Gasteiger partial charge < -0.3 is 5.73 Å². The molecule has 1 aliphatic carbocycles. The van der Waals surface area contributed by atoms with Crippen LogP contribution >= 0.6 is 23.4 Å². The van der Waals surface area contributed by atoms with E-state index in [0.29, 0.717) is 29.6 Å². The van der Waals surface area contributed by atoms with Crippen molar-refractivity contribution in [1.29, 1.82) is 0 Å². The highest BCUT2D eigenvalue weighted by Crippen LogP contribution is 2.49. The zero-order valence-electron chi connectivity index (χ0n) is 14.4. The lowest BCUT2D eigenvalue weighted by molar-refractivity contribution is 0.146. The van der Waals surface area contributed by atoms with Crippen LogP contribution in [-0.2, 0) is 0 Å². The Labute approximate surface area is 160 Å². The Morgan fingerprint density at radius 2 is 2.15 bits per heavy atom. The number of alkyl halides is 2. The van der Waals surface area contributed by atoms with E-state index in [2.05, 4.69) is 18.0 Å². The zero-order valence-corrected chi connectivity index (χ0v) is 16.0. The molecule has 0 radical (unpaired) electrons. The van der Waals surface area contributed by atoms with Crippen molar-refractivity contribution in [3.63, 3.8) is 0 Å². The van der Waals surface area contributed by atoms with Gasteiger partial charge in [0.25, 0.3) is 6.43 Å². The van der Waals surface area contributed by atoms with Crippen molar-refractivity contribution in [2.24, 2.45) is 11.7 Å². The molecule has 0 bridgehead atoms. The third-order valence-electron chi connectivity index (χ3n) is 5.23. The molecule has 2 unspecified atom stereocenters. The van der Waals surface area contributed by atoms with E-state index < -0.39 is 12.1 Å². The van der Waals surface area contributed by atoms with E-state index >= 15 is 0 Å². The molecule has 3 heterocycles. The summed E-state index contributed by atoms with van der Waals surface area (Å²) in [6.45, 7) is 2.73. The number of hydrogen-bond acceptors (Lipinski definition) is 4. The molecule has 1 aliphatic heterocycles. The molecule has 26 heavy (non-hydrogen) atoms. The smallest absolute Gasteiger partial charge is 0.281 e. The Morgan fingerprint density at radius 3 is 2.81 bits per heavy atom. The normalized spacial score (nSPS) is 20.5. The first-order valence-corrected chi connectivity index (χ1v) is 10.2. The molecule has 2 aromatic heterocycles. The fourth-order valence-corrected chi connectivity index (χ4v) is 5.21. The van der Waals surface area contributed by atoms with Crippen molar-refractivity contribution in [3.8, 4) is 11.3 Å². The van der Waals surface area contributed by atoms with E-state index in [0.717, 1.165) is 16.3 Å². The molecule has 1 fully saturated rings. The molecule has 2 aromatic rings. The summed E-state index contributed by atoms with van der Waals surface area (Å²) in [7, 11) is 0. The van der Waals surface area contributed by atoms with E-state index in [4.69, 9.17) is 22.3 Å². The third-order valence-corrected chi connectivity index (χ3v) is 7.01. The van der Waals surface area contributed by atoms with E-state index in [1.54, 1.807) is 17.8 Å². The van der Waals surface area contributed by atoms with Gasteiger partial charge in [0.15, 0.2) is 0 Å². The lowest BCUT2D eigenvalue weighted by atomic mass is 9.93. The SMILES string of the molecule is CC1CSc2c1cc(C(CN)C1CC1)nc2-c1ccnc(C(F)F)c1Cl. The number of thioether (sulfide) groups is 1. The second-order valence-electron chi connectivity index (χ2n) is 7.06. The summed E-state index contributed by atoms with van der Waals surface area (Å²) in [6.07, 6.45) is 1.01. The van der Waals surface area contributed by atoms with Crippen molar-refractivity contribution >= 4 is 23.4 Å². The van der Waals surface area contributed by atoms with Gasteiger partial charge in [-0.3, -0.25) is 9.97 Å². The Balaban J connectivity index is 1.90. The van der Waals surface area contributed by atoms with Crippen LogP contribution in [0.2, 0.25) is 5.02 Å². The zero-order chi connectivity index (χ0) is 18.4. The third kappa shape index (κ3) is 3.12. The molecule has 2 atom stereocenters. The van der Waals surface area contributed by atoms with Gasteiger partial charge in [-0.25, -0.2) is 8.78 Å². The minimum Gasteiger partial charge on any atom is -0.330 e. The second kappa shape index (κ2) is 7.06. The minimum atomic E-state index is -2.71. The Kier molecular flexibility index (Phi) is 4.92. The first-order valence-electron chi connectivity index (χ1n) is 8.81. The highest BCUT2D eigenvalue weighted by Gasteiger charge is 2.35. The van der Waals surface area contributed by atoms with E-state index in [-0.39, 0.29) is 10.9 Å². The maximum atomic E-state index is 13.2. The van der Waals surface area contributed by atoms with Crippen LogP contribution in [0.3, 0.4) is 0 Å². The highest BCUT2D eigenvalue weighted by atomic mass is 35.5. The Hall–Kier alpha value is -1.24. The molecule has 4 rings (SSSR count).